The molecule has 0 aromatic rings. The zero-order valence-corrected chi connectivity index (χ0v) is 10.6. The molecule has 1 rings (SSSR count). The molecule has 4 heteroatoms. The third-order valence-corrected chi connectivity index (χ3v) is 3.31. The first-order chi connectivity index (χ1) is 7.54. The van der Waals surface area contributed by atoms with Crippen LogP contribution < -0.4 is 0 Å². The van der Waals surface area contributed by atoms with Crippen LogP contribution in [0.25, 0.3) is 0 Å². The Labute approximate surface area is 98.2 Å². The third-order valence-electron chi connectivity index (χ3n) is 3.31. The van der Waals surface area contributed by atoms with Crippen LogP contribution in [0.15, 0.2) is 0 Å². The third kappa shape index (κ3) is 3.76. The standard InChI is InChI=1S/C12H24N2O2/c1-4-7-14-10(2)8-13(3)9-11(14)5-6-12(15)16/h10-11H,4-9H2,1-3H3,(H,15,16). The van der Waals surface area contributed by atoms with E-state index in [1.54, 1.807) is 0 Å². The molecule has 0 radical (unpaired) electrons. The molecule has 1 aliphatic heterocycles. The molecule has 1 saturated heterocycles. The Morgan fingerprint density at radius 1 is 1.44 bits per heavy atom. The fourth-order valence-corrected chi connectivity index (χ4v) is 2.66. The van der Waals surface area contributed by atoms with Crippen LogP contribution in [0, 0.1) is 0 Å². The van der Waals surface area contributed by atoms with Crippen LogP contribution in [0.5, 0.6) is 0 Å². The molecule has 1 aliphatic rings. The number of carbonyl (C=O) groups is 1. The maximum atomic E-state index is 10.6. The predicted molar refractivity (Wildman–Crippen MR) is 64.6 cm³/mol. The van der Waals surface area contributed by atoms with Crippen LogP contribution in [0.2, 0.25) is 0 Å². The molecule has 0 amide bonds. The van der Waals surface area contributed by atoms with Gasteiger partial charge in [0.1, 0.15) is 0 Å². The summed E-state index contributed by atoms with van der Waals surface area (Å²) in [6, 6.07) is 0.947. The fourth-order valence-electron chi connectivity index (χ4n) is 2.66. The molecule has 1 heterocycles. The maximum Gasteiger partial charge on any atom is 0.303 e. The van der Waals surface area contributed by atoms with Gasteiger partial charge in [0.25, 0.3) is 0 Å². The second-order valence-electron chi connectivity index (χ2n) is 4.89. The summed E-state index contributed by atoms with van der Waals surface area (Å²) in [5.74, 6) is -0.683. The lowest BCUT2D eigenvalue weighted by Crippen LogP contribution is -2.56. The number of carboxylic acid groups (broad SMARTS) is 1. The lowest BCUT2D eigenvalue weighted by molar-refractivity contribution is -0.137. The highest BCUT2D eigenvalue weighted by molar-refractivity contribution is 5.66. The average molecular weight is 228 g/mol. The first kappa shape index (κ1) is 13.5. The van der Waals surface area contributed by atoms with Gasteiger partial charge in [0.15, 0.2) is 0 Å². The molecule has 94 valence electrons. The van der Waals surface area contributed by atoms with Gasteiger partial charge in [-0.2, -0.15) is 0 Å². The molecule has 4 nitrogen and oxygen atoms in total. The van der Waals surface area contributed by atoms with E-state index >= 15 is 0 Å². The zero-order chi connectivity index (χ0) is 12.1. The van der Waals surface area contributed by atoms with Crippen LogP contribution in [-0.2, 0) is 4.79 Å². The van der Waals surface area contributed by atoms with Crippen LogP contribution >= 0.6 is 0 Å². The van der Waals surface area contributed by atoms with Gasteiger partial charge in [-0.15, -0.1) is 0 Å². The molecular weight excluding hydrogens is 204 g/mol. The molecule has 0 spiro atoms. The van der Waals surface area contributed by atoms with E-state index in [0.717, 1.165) is 32.5 Å². The number of aliphatic carboxylic acids is 1. The molecule has 2 unspecified atom stereocenters. The number of hydrogen-bond acceptors (Lipinski definition) is 3. The first-order valence-electron chi connectivity index (χ1n) is 6.20. The molecule has 0 bridgehead atoms. The Bertz CT molecular complexity index is 233. The van der Waals surface area contributed by atoms with E-state index in [0.29, 0.717) is 12.1 Å². The van der Waals surface area contributed by atoms with Crippen molar-refractivity contribution in [2.45, 2.75) is 45.2 Å². The van der Waals surface area contributed by atoms with Gasteiger partial charge >= 0.3 is 5.97 Å². The summed E-state index contributed by atoms with van der Waals surface area (Å²) in [6.07, 6.45) is 2.19. The Morgan fingerprint density at radius 2 is 2.12 bits per heavy atom. The highest BCUT2D eigenvalue weighted by Crippen LogP contribution is 2.18. The van der Waals surface area contributed by atoms with Crippen molar-refractivity contribution in [3.05, 3.63) is 0 Å². The normalized spacial score (nSPS) is 28.2. The highest BCUT2D eigenvalue weighted by atomic mass is 16.4. The van der Waals surface area contributed by atoms with E-state index in [9.17, 15) is 4.79 Å². The molecule has 1 fully saturated rings. The maximum absolute atomic E-state index is 10.6. The van der Waals surface area contributed by atoms with Gasteiger partial charge < -0.3 is 10.0 Å². The Balaban J connectivity index is 2.55. The summed E-state index contributed by atoms with van der Waals surface area (Å²) in [7, 11) is 2.12. The van der Waals surface area contributed by atoms with Crippen LogP contribution in [0.4, 0.5) is 0 Å². The molecule has 0 aromatic carbocycles. The van der Waals surface area contributed by atoms with Crippen molar-refractivity contribution in [2.75, 3.05) is 26.7 Å². The smallest absolute Gasteiger partial charge is 0.303 e. The number of rotatable bonds is 5. The van der Waals surface area contributed by atoms with Crippen molar-refractivity contribution < 1.29 is 9.90 Å². The fraction of sp³-hybridized carbons (Fsp3) is 0.917. The van der Waals surface area contributed by atoms with Gasteiger partial charge in [0.05, 0.1) is 0 Å². The molecular formula is C12H24N2O2. The van der Waals surface area contributed by atoms with E-state index in [1.165, 1.54) is 0 Å². The number of hydrogen-bond donors (Lipinski definition) is 1. The van der Waals surface area contributed by atoms with E-state index in [4.69, 9.17) is 5.11 Å². The van der Waals surface area contributed by atoms with Gasteiger partial charge in [-0.05, 0) is 33.4 Å². The molecule has 1 N–H and O–H groups in total. The van der Waals surface area contributed by atoms with Gasteiger partial charge in [0, 0.05) is 31.6 Å². The van der Waals surface area contributed by atoms with Crippen molar-refractivity contribution >= 4 is 5.97 Å². The van der Waals surface area contributed by atoms with Crippen molar-refractivity contribution in [1.29, 1.82) is 0 Å². The first-order valence-corrected chi connectivity index (χ1v) is 6.20. The largest absolute Gasteiger partial charge is 0.481 e. The summed E-state index contributed by atoms with van der Waals surface area (Å²) in [6.45, 7) is 7.58. The molecule has 0 aromatic heterocycles. The molecule has 2 atom stereocenters. The molecule has 0 aliphatic carbocycles. The summed E-state index contributed by atoms with van der Waals surface area (Å²) >= 11 is 0. The van der Waals surface area contributed by atoms with Crippen molar-refractivity contribution in [1.82, 2.24) is 9.80 Å². The van der Waals surface area contributed by atoms with E-state index in [1.807, 2.05) is 0 Å². The van der Waals surface area contributed by atoms with E-state index < -0.39 is 5.97 Å². The number of carboxylic acids is 1. The SMILES string of the molecule is CCCN1C(C)CN(C)CC1CCC(=O)O. The molecule has 0 saturated carbocycles. The Hall–Kier alpha value is -0.610. The van der Waals surface area contributed by atoms with Crippen molar-refractivity contribution in [3.8, 4) is 0 Å². The van der Waals surface area contributed by atoms with Gasteiger partial charge in [0.2, 0.25) is 0 Å². The topological polar surface area (TPSA) is 43.8 Å². The van der Waals surface area contributed by atoms with Crippen LogP contribution in [-0.4, -0.2) is 59.6 Å². The highest BCUT2D eigenvalue weighted by Gasteiger charge is 2.29. The summed E-state index contributed by atoms with van der Waals surface area (Å²) in [5.41, 5.74) is 0. The van der Waals surface area contributed by atoms with Crippen molar-refractivity contribution in [2.24, 2.45) is 0 Å². The Morgan fingerprint density at radius 3 is 2.69 bits per heavy atom. The van der Waals surface area contributed by atoms with E-state index in [2.05, 4.69) is 30.7 Å². The van der Waals surface area contributed by atoms with Crippen LogP contribution in [0.3, 0.4) is 0 Å². The number of nitrogens with zero attached hydrogens (tertiary/aromatic N) is 2. The summed E-state index contributed by atoms with van der Waals surface area (Å²) in [4.78, 5) is 15.4. The Kier molecular flexibility index (Phi) is 5.22. The minimum atomic E-state index is -0.683. The molecule has 16 heavy (non-hydrogen) atoms. The lowest BCUT2D eigenvalue weighted by atomic mass is 10.0. The minimum absolute atomic E-state index is 0.283. The average Bonchev–Trinajstić information content (AvgIpc) is 2.19. The number of piperazine rings is 1. The minimum Gasteiger partial charge on any atom is -0.481 e. The monoisotopic (exact) mass is 228 g/mol. The summed E-state index contributed by atoms with van der Waals surface area (Å²) < 4.78 is 0. The number of likely N-dealkylation sites (N-methyl/N-ethyl adjacent to an activating group) is 1. The predicted octanol–water partition coefficient (Wildman–Crippen LogP) is 1.27. The second-order valence-corrected chi connectivity index (χ2v) is 4.89. The van der Waals surface area contributed by atoms with Gasteiger partial charge in [-0.25, -0.2) is 0 Å². The summed E-state index contributed by atoms with van der Waals surface area (Å²) in [5, 5.41) is 8.76. The van der Waals surface area contributed by atoms with Crippen molar-refractivity contribution in [3.63, 3.8) is 0 Å². The lowest BCUT2D eigenvalue weighted by Gasteiger charge is -2.44. The zero-order valence-electron chi connectivity index (χ0n) is 10.6. The second kappa shape index (κ2) is 6.21. The van der Waals surface area contributed by atoms with Crippen LogP contribution in [0.1, 0.15) is 33.1 Å². The quantitative estimate of drug-likeness (QED) is 0.769. The van der Waals surface area contributed by atoms with Gasteiger partial charge in [-0.1, -0.05) is 6.92 Å². The van der Waals surface area contributed by atoms with Gasteiger partial charge in [-0.3, -0.25) is 9.69 Å². The van der Waals surface area contributed by atoms with E-state index in [-0.39, 0.29) is 6.42 Å².